The number of para-hydroxylation sites is 1. The van der Waals surface area contributed by atoms with Crippen molar-refractivity contribution in [3.05, 3.63) is 199 Å². The normalized spacial score (nSPS) is 13.1. The van der Waals surface area contributed by atoms with Crippen molar-refractivity contribution in [2.24, 2.45) is 0 Å². The highest BCUT2D eigenvalue weighted by molar-refractivity contribution is 6.13. The van der Waals surface area contributed by atoms with E-state index in [1.807, 2.05) is 6.07 Å². The number of fused-ring (bicyclic) bond motifs is 8. The maximum Gasteiger partial charge on any atom is 0.137 e. The van der Waals surface area contributed by atoms with Gasteiger partial charge in [0.25, 0.3) is 0 Å². The minimum atomic E-state index is -0.124. The molecule has 0 N–H and O–H groups in total. The molecule has 0 fully saturated rings. The molecule has 2 heteroatoms. The Hall–Kier alpha value is -6.90. The first kappa shape index (κ1) is 31.6. The lowest BCUT2D eigenvalue weighted by Gasteiger charge is -2.29. The summed E-state index contributed by atoms with van der Waals surface area (Å²) in [6, 6.07) is 68.6. The first-order chi connectivity index (χ1) is 27.0. The average Bonchev–Trinajstić information content (AvgIpc) is 3.73. The zero-order chi connectivity index (χ0) is 36.7. The van der Waals surface area contributed by atoms with E-state index in [4.69, 9.17) is 4.42 Å². The molecule has 55 heavy (non-hydrogen) atoms. The second-order valence-corrected chi connectivity index (χ2v) is 15.4. The van der Waals surface area contributed by atoms with Crippen molar-refractivity contribution in [2.45, 2.75) is 19.3 Å². The number of hydrogen-bond donors (Lipinski definition) is 0. The maximum absolute atomic E-state index is 6.43. The Balaban J connectivity index is 1.07. The van der Waals surface area contributed by atoms with Crippen LogP contribution in [0.1, 0.15) is 25.0 Å². The monoisotopic (exact) mass is 703 g/mol. The van der Waals surface area contributed by atoms with E-state index in [0.29, 0.717) is 0 Å². The zero-order valence-corrected chi connectivity index (χ0v) is 30.8. The molecule has 0 spiro atoms. The Labute approximate surface area is 320 Å². The van der Waals surface area contributed by atoms with Crippen molar-refractivity contribution in [1.29, 1.82) is 0 Å². The molecule has 0 saturated heterocycles. The predicted molar refractivity (Wildman–Crippen MR) is 232 cm³/mol. The number of furan rings is 1. The molecule has 0 bridgehead atoms. The molecule has 0 aliphatic heterocycles. The summed E-state index contributed by atoms with van der Waals surface area (Å²) in [5.41, 5.74) is 15.1. The zero-order valence-electron chi connectivity index (χ0n) is 30.8. The van der Waals surface area contributed by atoms with Gasteiger partial charge in [0.1, 0.15) is 11.2 Å². The fourth-order valence-corrected chi connectivity index (χ4v) is 9.00. The molecule has 0 amide bonds. The molecule has 0 radical (unpaired) electrons. The lowest BCUT2D eigenvalue weighted by atomic mass is 9.82. The van der Waals surface area contributed by atoms with Gasteiger partial charge in [0.05, 0.1) is 11.1 Å². The quantitative estimate of drug-likeness (QED) is 0.177. The Morgan fingerprint density at radius 2 is 1.00 bits per heavy atom. The van der Waals surface area contributed by atoms with Gasteiger partial charge in [-0.1, -0.05) is 141 Å². The van der Waals surface area contributed by atoms with Gasteiger partial charge < -0.3 is 9.32 Å². The molecule has 0 unspecified atom stereocenters. The van der Waals surface area contributed by atoms with Crippen LogP contribution in [0.15, 0.2) is 192 Å². The van der Waals surface area contributed by atoms with Crippen LogP contribution in [0.5, 0.6) is 0 Å². The second-order valence-electron chi connectivity index (χ2n) is 15.4. The summed E-state index contributed by atoms with van der Waals surface area (Å²) in [7, 11) is 0. The van der Waals surface area contributed by atoms with E-state index in [-0.39, 0.29) is 5.41 Å². The van der Waals surface area contributed by atoms with E-state index < -0.39 is 0 Å². The van der Waals surface area contributed by atoms with Crippen molar-refractivity contribution < 1.29 is 4.42 Å². The van der Waals surface area contributed by atoms with Gasteiger partial charge in [-0.3, -0.25) is 0 Å². The van der Waals surface area contributed by atoms with Crippen LogP contribution in [-0.2, 0) is 5.41 Å². The Morgan fingerprint density at radius 3 is 1.82 bits per heavy atom. The molecular weight excluding hydrogens is 667 g/mol. The van der Waals surface area contributed by atoms with Gasteiger partial charge in [0.15, 0.2) is 0 Å². The number of hydrogen-bond acceptors (Lipinski definition) is 2. The van der Waals surface area contributed by atoms with Crippen LogP contribution in [-0.4, -0.2) is 0 Å². The Bertz CT molecular complexity index is 3150. The lowest BCUT2D eigenvalue weighted by Crippen LogP contribution is -2.16. The minimum Gasteiger partial charge on any atom is -0.456 e. The van der Waals surface area contributed by atoms with Crippen LogP contribution in [0.4, 0.5) is 17.1 Å². The highest BCUT2D eigenvalue weighted by atomic mass is 16.3. The summed E-state index contributed by atoms with van der Waals surface area (Å²) in [5.74, 6) is 0. The summed E-state index contributed by atoms with van der Waals surface area (Å²) in [5, 5.41) is 7.19. The molecule has 1 aliphatic rings. The smallest absolute Gasteiger partial charge is 0.137 e. The molecule has 0 saturated carbocycles. The summed E-state index contributed by atoms with van der Waals surface area (Å²) < 4.78 is 6.43. The van der Waals surface area contributed by atoms with E-state index in [1.165, 1.54) is 66.1 Å². The second kappa shape index (κ2) is 12.1. The maximum atomic E-state index is 6.43. The van der Waals surface area contributed by atoms with E-state index >= 15 is 0 Å². The van der Waals surface area contributed by atoms with Crippen molar-refractivity contribution in [2.75, 3.05) is 4.90 Å². The molecule has 9 aromatic carbocycles. The first-order valence-corrected chi connectivity index (χ1v) is 19.1. The molecule has 1 heterocycles. The van der Waals surface area contributed by atoms with Gasteiger partial charge in [0, 0.05) is 22.2 Å². The van der Waals surface area contributed by atoms with E-state index in [0.717, 1.165) is 39.0 Å². The van der Waals surface area contributed by atoms with Gasteiger partial charge in [0.2, 0.25) is 0 Å². The summed E-state index contributed by atoms with van der Waals surface area (Å²) in [6.45, 7) is 4.70. The van der Waals surface area contributed by atoms with Gasteiger partial charge in [-0.2, -0.15) is 0 Å². The largest absolute Gasteiger partial charge is 0.456 e. The first-order valence-electron chi connectivity index (χ1n) is 19.1. The van der Waals surface area contributed by atoms with Crippen molar-refractivity contribution in [3.8, 4) is 33.4 Å². The predicted octanol–water partition coefficient (Wildman–Crippen LogP) is 15.0. The van der Waals surface area contributed by atoms with Crippen LogP contribution < -0.4 is 4.90 Å². The van der Waals surface area contributed by atoms with Crippen LogP contribution in [0, 0.1) is 0 Å². The lowest BCUT2D eigenvalue weighted by molar-refractivity contribution is 0.660. The van der Waals surface area contributed by atoms with Crippen LogP contribution in [0.25, 0.3) is 76.9 Å². The molecule has 10 aromatic rings. The number of nitrogens with zero attached hydrogens (tertiary/aromatic N) is 1. The fourth-order valence-electron chi connectivity index (χ4n) is 9.00. The van der Waals surface area contributed by atoms with Gasteiger partial charge >= 0.3 is 0 Å². The van der Waals surface area contributed by atoms with E-state index in [9.17, 15) is 0 Å². The average molecular weight is 704 g/mol. The van der Waals surface area contributed by atoms with Crippen molar-refractivity contribution in [3.63, 3.8) is 0 Å². The van der Waals surface area contributed by atoms with Gasteiger partial charge in [-0.25, -0.2) is 0 Å². The standard InChI is InChI=1S/C53H37NO/c1-53(2)47-17-7-5-15-44(47)45-28-27-43(33-48(45)53)54(49-18-10-20-51-52(49)46-16-6-8-19-50(46)55-51)42-14-9-13-37(32-42)39-25-22-35-23-26-40(31-41(35)30-39)38-24-21-34-11-3-4-12-36(34)29-38/h3-33H,1-2H3. The topological polar surface area (TPSA) is 16.4 Å². The molecule has 260 valence electrons. The van der Waals surface area contributed by atoms with E-state index in [1.54, 1.807) is 0 Å². The molecule has 11 rings (SSSR count). The van der Waals surface area contributed by atoms with Crippen LogP contribution in [0.3, 0.4) is 0 Å². The fraction of sp³-hybridized carbons (Fsp3) is 0.0566. The number of benzene rings is 9. The van der Waals surface area contributed by atoms with Crippen LogP contribution >= 0.6 is 0 Å². The third kappa shape index (κ3) is 5.02. The minimum absolute atomic E-state index is 0.124. The van der Waals surface area contributed by atoms with Gasteiger partial charge in [-0.05, 0) is 127 Å². The Morgan fingerprint density at radius 1 is 0.400 bits per heavy atom. The molecule has 2 nitrogen and oxygen atoms in total. The highest BCUT2D eigenvalue weighted by Crippen LogP contribution is 2.51. The molecule has 1 aliphatic carbocycles. The van der Waals surface area contributed by atoms with Crippen LogP contribution in [0.2, 0.25) is 0 Å². The van der Waals surface area contributed by atoms with Crippen molar-refractivity contribution >= 4 is 60.5 Å². The molecule has 0 atom stereocenters. The third-order valence-corrected chi connectivity index (χ3v) is 11.8. The highest BCUT2D eigenvalue weighted by Gasteiger charge is 2.36. The van der Waals surface area contributed by atoms with E-state index in [2.05, 4.69) is 201 Å². The molecule has 1 aromatic heterocycles. The summed E-state index contributed by atoms with van der Waals surface area (Å²) in [4.78, 5) is 2.42. The summed E-state index contributed by atoms with van der Waals surface area (Å²) >= 11 is 0. The van der Waals surface area contributed by atoms with Crippen molar-refractivity contribution in [1.82, 2.24) is 0 Å². The summed E-state index contributed by atoms with van der Waals surface area (Å²) in [6.07, 6.45) is 0. The number of rotatable bonds is 5. The van der Waals surface area contributed by atoms with Gasteiger partial charge in [-0.15, -0.1) is 0 Å². The Kier molecular flexibility index (Phi) is 6.93. The number of anilines is 3. The third-order valence-electron chi connectivity index (χ3n) is 11.8. The molecular formula is C53H37NO. The SMILES string of the molecule is CC1(C)c2ccccc2-c2ccc(N(c3cccc(-c4ccc5ccc(-c6ccc7ccccc7c6)cc5c4)c3)c3cccc4oc5ccccc5c34)cc21.